The quantitative estimate of drug-likeness (QED) is 0.871. The molecule has 1 aliphatic rings. The predicted octanol–water partition coefficient (Wildman–Crippen LogP) is 1.21. The summed E-state index contributed by atoms with van der Waals surface area (Å²) in [4.78, 5) is 9.17. The van der Waals surface area contributed by atoms with E-state index in [4.69, 9.17) is 10.5 Å². The minimum absolute atomic E-state index is 0.0708. The number of anilines is 2. The van der Waals surface area contributed by atoms with E-state index in [9.17, 15) is 13.2 Å². The highest BCUT2D eigenvalue weighted by molar-refractivity contribution is 5.42. The fourth-order valence-corrected chi connectivity index (χ4v) is 2.15. The van der Waals surface area contributed by atoms with Gasteiger partial charge in [-0.25, -0.2) is 4.98 Å². The Bertz CT molecular complexity index is 476. The highest BCUT2D eigenvalue weighted by Gasteiger charge is 2.33. The van der Waals surface area contributed by atoms with Gasteiger partial charge in [-0.3, -0.25) is 4.90 Å². The van der Waals surface area contributed by atoms with Gasteiger partial charge < -0.3 is 15.8 Å². The van der Waals surface area contributed by atoms with Gasteiger partial charge in [-0.2, -0.15) is 18.2 Å². The third-order valence-electron chi connectivity index (χ3n) is 3.06. The van der Waals surface area contributed by atoms with Crippen molar-refractivity contribution in [2.24, 2.45) is 0 Å². The van der Waals surface area contributed by atoms with Crippen molar-refractivity contribution in [1.82, 2.24) is 14.9 Å². The van der Waals surface area contributed by atoms with Crippen LogP contribution in [0.5, 0.6) is 0 Å². The van der Waals surface area contributed by atoms with Crippen molar-refractivity contribution in [2.45, 2.75) is 19.1 Å². The molecule has 0 amide bonds. The number of rotatable bonds is 4. The van der Waals surface area contributed by atoms with Crippen molar-refractivity contribution in [3.05, 3.63) is 11.8 Å². The summed E-state index contributed by atoms with van der Waals surface area (Å²) in [6, 6.07) is 0.796. The number of halogens is 3. The van der Waals surface area contributed by atoms with Crippen molar-refractivity contribution < 1.29 is 17.9 Å². The molecular formula is C12H18F3N5O. The van der Waals surface area contributed by atoms with Crippen LogP contribution >= 0.6 is 0 Å². The molecule has 0 aliphatic carbocycles. The fraction of sp³-hybridized carbons (Fsp3) is 0.667. The van der Waals surface area contributed by atoms with Gasteiger partial charge in [0.2, 0.25) is 5.95 Å². The second-order valence-electron chi connectivity index (χ2n) is 4.95. The van der Waals surface area contributed by atoms with E-state index < -0.39 is 17.8 Å². The largest absolute Gasteiger partial charge is 0.433 e. The van der Waals surface area contributed by atoms with Crippen LogP contribution in [0.25, 0.3) is 0 Å². The van der Waals surface area contributed by atoms with E-state index in [0.717, 1.165) is 19.2 Å². The number of hydrogen-bond acceptors (Lipinski definition) is 6. The van der Waals surface area contributed by atoms with Crippen LogP contribution in [0.3, 0.4) is 0 Å². The van der Waals surface area contributed by atoms with E-state index in [0.29, 0.717) is 19.8 Å². The van der Waals surface area contributed by atoms with E-state index in [1.165, 1.54) is 0 Å². The second-order valence-corrected chi connectivity index (χ2v) is 4.95. The Kier molecular flexibility index (Phi) is 4.84. The topological polar surface area (TPSA) is 76.3 Å². The van der Waals surface area contributed by atoms with Gasteiger partial charge in [0.05, 0.1) is 13.2 Å². The van der Waals surface area contributed by atoms with Gasteiger partial charge in [0.15, 0.2) is 5.69 Å². The van der Waals surface area contributed by atoms with Crippen molar-refractivity contribution in [1.29, 1.82) is 0 Å². The van der Waals surface area contributed by atoms with Crippen molar-refractivity contribution in [3.8, 4) is 0 Å². The molecule has 0 bridgehead atoms. The Labute approximate surface area is 120 Å². The molecule has 9 heteroatoms. The normalized spacial score (nSPS) is 18.5. The molecule has 0 saturated carbocycles. The lowest BCUT2D eigenvalue weighted by Crippen LogP contribution is -2.42. The number of nitrogens with two attached hydrogens (primary N) is 1. The van der Waals surface area contributed by atoms with Gasteiger partial charge in [-0.05, 0) is 6.92 Å². The first-order valence-corrected chi connectivity index (χ1v) is 6.63. The number of nitrogens with zero attached hydrogens (tertiary/aromatic N) is 3. The maximum absolute atomic E-state index is 12.7. The number of hydrogen-bond donors (Lipinski definition) is 2. The van der Waals surface area contributed by atoms with Crippen molar-refractivity contribution in [2.75, 3.05) is 43.9 Å². The molecule has 1 atom stereocenters. The molecule has 21 heavy (non-hydrogen) atoms. The first-order chi connectivity index (χ1) is 9.84. The maximum atomic E-state index is 12.7. The summed E-state index contributed by atoms with van der Waals surface area (Å²) in [7, 11) is 0. The molecule has 0 aromatic carbocycles. The highest BCUT2D eigenvalue weighted by Crippen LogP contribution is 2.29. The maximum Gasteiger partial charge on any atom is 0.433 e. The highest BCUT2D eigenvalue weighted by atomic mass is 19.4. The molecule has 1 saturated heterocycles. The summed E-state index contributed by atoms with van der Waals surface area (Å²) in [5.74, 6) is -0.318. The SMILES string of the molecule is CC(CN1CCOCC1)Nc1cc(C(F)(F)F)nc(N)n1. The third-order valence-corrected chi connectivity index (χ3v) is 3.06. The van der Waals surface area contributed by atoms with Crippen LogP contribution in [0.4, 0.5) is 24.9 Å². The van der Waals surface area contributed by atoms with Crippen LogP contribution in [0.1, 0.15) is 12.6 Å². The molecule has 1 aromatic heterocycles. The lowest BCUT2D eigenvalue weighted by atomic mass is 10.2. The van der Waals surface area contributed by atoms with Crippen LogP contribution in [-0.4, -0.2) is 53.8 Å². The number of ether oxygens (including phenoxy) is 1. The Balaban J connectivity index is 1.99. The minimum atomic E-state index is -4.54. The fourth-order valence-electron chi connectivity index (χ4n) is 2.15. The molecule has 1 unspecified atom stereocenters. The molecule has 1 fully saturated rings. The van der Waals surface area contributed by atoms with Gasteiger partial charge in [0.25, 0.3) is 0 Å². The van der Waals surface area contributed by atoms with Gasteiger partial charge in [-0.15, -0.1) is 0 Å². The summed E-state index contributed by atoms with van der Waals surface area (Å²) in [5.41, 5.74) is 4.28. The number of nitrogen functional groups attached to an aromatic ring is 1. The molecule has 0 spiro atoms. The van der Waals surface area contributed by atoms with E-state index in [1.807, 2.05) is 6.92 Å². The zero-order valence-electron chi connectivity index (χ0n) is 11.7. The van der Waals surface area contributed by atoms with Crippen molar-refractivity contribution >= 4 is 11.8 Å². The van der Waals surface area contributed by atoms with Gasteiger partial charge in [0, 0.05) is 31.7 Å². The molecule has 0 radical (unpaired) electrons. The van der Waals surface area contributed by atoms with Crippen LogP contribution in [-0.2, 0) is 10.9 Å². The predicted molar refractivity (Wildman–Crippen MR) is 71.8 cm³/mol. The molecule has 3 N–H and O–H groups in total. The lowest BCUT2D eigenvalue weighted by Gasteiger charge is -2.29. The van der Waals surface area contributed by atoms with E-state index in [-0.39, 0.29) is 11.9 Å². The average molecular weight is 305 g/mol. The molecule has 2 heterocycles. The second kappa shape index (κ2) is 6.44. The summed E-state index contributed by atoms with van der Waals surface area (Å²) in [6.45, 7) is 5.53. The van der Waals surface area contributed by atoms with Crippen LogP contribution < -0.4 is 11.1 Å². The minimum Gasteiger partial charge on any atom is -0.379 e. The lowest BCUT2D eigenvalue weighted by molar-refractivity contribution is -0.141. The van der Waals surface area contributed by atoms with E-state index in [2.05, 4.69) is 20.2 Å². The van der Waals surface area contributed by atoms with E-state index >= 15 is 0 Å². The Hall–Kier alpha value is -1.61. The Morgan fingerprint density at radius 3 is 2.67 bits per heavy atom. The van der Waals surface area contributed by atoms with Crippen LogP contribution in [0.15, 0.2) is 6.07 Å². The summed E-state index contributed by atoms with van der Waals surface area (Å²) in [5, 5.41) is 2.93. The number of morpholine rings is 1. The number of nitrogens with one attached hydrogen (secondary N) is 1. The monoisotopic (exact) mass is 305 g/mol. The van der Waals surface area contributed by atoms with Gasteiger partial charge >= 0.3 is 6.18 Å². The smallest absolute Gasteiger partial charge is 0.379 e. The molecule has 1 aliphatic heterocycles. The standard InChI is InChI=1S/C12H18F3N5O/c1-8(7-20-2-4-21-5-3-20)17-10-6-9(12(13,14)15)18-11(16)19-10/h6,8H,2-5,7H2,1H3,(H3,16,17,18,19). The molecular weight excluding hydrogens is 287 g/mol. The zero-order valence-corrected chi connectivity index (χ0v) is 11.7. The third kappa shape index (κ3) is 4.71. The summed E-state index contributed by atoms with van der Waals surface area (Å²) >= 11 is 0. The Morgan fingerprint density at radius 2 is 2.05 bits per heavy atom. The molecule has 118 valence electrons. The summed E-state index contributed by atoms with van der Waals surface area (Å²) < 4.78 is 43.2. The Morgan fingerprint density at radius 1 is 1.38 bits per heavy atom. The van der Waals surface area contributed by atoms with Crippen molar-refractivity contribution in [3.63, 3.8) is 0 Å². The van der Waals surface area contributed by atoms with Crippen LogP contribution in [0, 0.1) is 0 Å². The zero-order chi connectivity index (χ0) is 15.5. The summed E-state index contributed by atoms with van der Waals surface area (Å²) in [6.07, 6.45) is -4.54. The molecule has 6 nitrogen and oxygen atoms in total. The first-order valence-electron chi connectivity index (χ1n) is 6.63. The number of aromatic nitrogens is 2. The molecule has 1 aromatic rings. The van der Waals surface area contributed by atoms with Gasteiger partial charge in [-0.1, -0.05) is 0 Å². The van der Waals surface area contributed by atoms with Gasteiger partial charge in [0.1, 0.15) is 5.82 Å². The molecule has 2 rings (SSSR count). The van der Waals surface area contributed by atoms with Crippen LogP contribution in [0.2, 0.25) is 0 Å². The first kappa shape index (κ1) is 15.8. The van der Waals surface area contributed by atoms with E-state index in [1.54, 1.807) is 0 Å². The number of alkyl halides is 3. The average Bonchev–Trinajstić information content (AvgIpc) is 2.37.